The van der Waals surface area contributed by atoms with Gasteiger partial charge in [-0.05, 0) is 51.4 Å². The first-order chi connectivity index (χ1) is 19.0. The fraction of sp³-hybridized carbons (Fsp3) is 0.172. The fourth-order valence-electron chi connectivity index (χ4n) is 4.33. The van der Waals surface area contributed by atoms with Crippen molar-refractivity contribution in [2.75, 3.05) is 6.54 Å². The van der Waals surface area contributed by atoms with E-state index in [4.69, 9.17) is 9.47 Å². The molecule has 1 N–H and O–H groups in total. The Morgan fingerprint density at radius 3 is 2.13 bits per heavy atom. The van der Waals surface area contributed by atoms with Crippen LogP contribution in [0.2, 0.25) is 0 Å². The summed E-state index contributed by atoms with van der Waals surface area (Å²) in [4.78, 5) is 36.3. The molecule has 3 aromatic carbocycles. The van der Waals surface area contributed by atoms with Crippen LogP contribution < -0.4 is 9.47 Å². The Morgan fingerprint density at radius 1 is 0.897 bits per heavy atom. The third kappa shape index (κ3) is 6.28. The van der Waals surface area contributed by atoms with Gasteiger partial charge in [0.25, 0.3) is 5.88 Å². The lowest BCUT2D eigenvalue weighted by Gasteiger charge is -2.19. The molecule has 1 atom stereocenters. The quantitative estimate of drug-likeness (QED) is 0.228. The smallest absolute Gasteiger partial charge is 0.416 e. The summed E-state index contributed by atoms with van der Waals surface area (Å²) in [5.74, 6) is 0.556. The lowest BCUT2D eigenvalue weighted by molar-refractivity contribution is 0.143. The molecular weight excluding hydrogens is 611 g/mol. The van der Waals surface area contributed by atoms with Crippen molar-refractivity contribution in [2.45, 2.75) is 25.8 Å². The molecule has 3 amide bonds. The number of imide groups is 1. The number of carboxylic acid groups (broad SMARTS) is 1. The van der Waals surface area contributed by atoms with E-state index >= 15 is 0 Å². The molecule has 0 spiro atoms. The van der Waals surface area contributed by atoms with Gasteiger partial charge in [-0.15, -0.1) is 0 Å². The second kappa shape index (κ2) is 12.1. The number of amides is 3. The van der Waals surface area contributed by atoms with Crippen LogP contribution in [0.1, 0.15) is 28.4 Å². The largest absolute Gasteiger partial charge is 0.482 e. The van der Waals surface area contributed by atoms with Gasteiger partial charge in [0.15, 0.2) is 0 Å². The van der Waals surface area contributed by atoms with Gasteiger partial charge in [0.1, 0.15) is 25.2 Å². The molecule has 0 aliphatic carbocycles. The van der Waals surface area contributed by atoms with E-state index in [-0.39, 0.29) is 32.2 Å². The van der Waals surface area contributed by atoms with Crippen molar-refractivity contribution in [3.63, 3.8) is 0 Å². The van der Waals surface area contributed by atoms with Gasteiger partial charge in [-0.2, -0.15) is 4.98 Å². The van der Waals surface area contributed by atoms with Crippen molar-refractivity contribution in [1.82, 2.24) is 19.8 Å². The van der Waals surface area contributed by atoms with Gasteiger partial charge in [0, 0.05) is 10.1 Å². The molecule has 1 unspecified atom stereocenters. The number of hydrogen-bond donors (Lipinski definition) is 1. The number of nitrogens with zero attached hydrogens (tertiary/aromatic N) is 4. The van der Waals surface area contributed by atoms with Crippen LogP contribution in [-0.2, 0) is 19.8 Å². The first-order valence-electron chi connectivity index (χ1n) is 12.2. The van der Waals surface area contributed by atoms with E-state index in [0.717, 1.165) is 25.2 Å². The van der Waals surface area contributed by atoms with Crippen molar-refractivity contribution < 1.29 is 24.2 Å². The Morgan fingerprint density at radius 2 is 1.51 bits per heavy atom. The zero-order valence-corrected chi connectivity index (χ0v) is 23.0. The topological polar surface area (TPSA) is 105 Å². The Kier molecular flexibility index (Phi) is 8.21. The van der Waals surface area contributed by atoms with E-state index in [1.807, 2.05) is 84.9 Å². The fourth-order valence-corrected chi connectivity index (χ4v) is 4.69. The van der Waals surface area contributed by atoms with Crippen LogP contribution in [0.4, 0.5) is 9.59 Å². The summed E-state index contributed by atoms with van der Waals surface area (Å²) in [6.07, 6.45) is 0.0538. The molecule has 1 aromatic heterocycles. The maximum absolute atomic E-state index is 13.2. The molecule has 0 bridgehead atoms. The van der Waals surface area contributed by atoms with E-state index in [1.54, 1.807) is 0 Å². The number of ether oxygens (including phenoxy) is 2. The van der Waals surface area contributed by atoms with Crippen LogP contribution in [-0.4, -0.2) is 43.5 Å². The maximum atomic E-state index is 13.2. The number of rotatable bonds is 9. The highest BCUT2D eigenvalue weighted by Gasteiger charge is 2.42. The standard InChI is InChI=1S/C29H25IN4O5/c30-23-13-11-22(12-14-23)25-16-33(28(35)34(25)29(36)37)15-24-26(38-17-20-7-3-1-4-8-20)27(32-19-31-24)39-18-21-9-5-2-6-10-21/h1-14,19,25H,15-18H2,(H,36,37). The number of carbonyl (C=O) groups excluding carboxylic acids is 1. The summed E-state index contributed by atoms with van der Waals surface area (Å²) in [5.41, 5.74) is 3.06. The van der Waals surface area contributed by atoms with E-state index in [1.165, 1.54) is 11.2 Å². The monoisotopic (exact) mass is 636 g/mol. The minimum Gasteiger partial charge on any atom is -0.482 e. The van der Waals surface area contributed by atoms with Crippen LogP contribution in [0.15, 0.2) is 91.3 Å². The average molecular weight is 636 g/mol. The van der Waals surface area contributed by atoms with Gasteiger partial charge in [-0.25, -0.2) is 19.5 Å². The van der Waals surface area contributed by atoms with Gasteiger partial charge in [0.2, 0.25) is 5.75 Å². The molecule has 1 fully saturated rings. The van der Waals surface area contributed by atoms with E-state index in [2.05, 4.69) is 32.6 Å². The molecule has 1 saturated heterocycles. The summed E-state index contributed by atoms with van der Waals surface area (Å²) < 4.78 is 13.2. The minimum absolute atomic E-state index is 0.0256. The maximum Gasteiger partial charge on any atom is 0.416 e. The number of carbonyl (C=O) groups is 2. The highest BCUT2D eigenvalue weighted by Crippen LogP contribution is 2.34. The van der Waals surface area contributed by atoms with Crippen molar-refractivity contribution in [2.24, 2.45) is 0 Å². The van der Waals surface area contributed by atoms with Gasteiger partial charge < -0.3 is 19.5 Å². The van der Waals surface area contributed by atoms with Crippen LogP contribution in [0.25, 0.3) is 0 Å². The zero-order valence-electron chi connectivity index (χ0n) is 20.8. The Hall–Kier alpha value is -4.19. The number of halogens is 1. The Bertz CT molecular complexity index is 1440. The molecule has 2 heterocycles. The second-order valence-electron chi connectivity index (χ2n) is 8.89. The summed E-state index contributed by atoms with van der Waals surface area (Å²) in [7, 11) is 0. The molecule has 1 aliphatic rings. The highest BCUT2D eigenvalue weighted by atomic mass is 127. The van der Waals surface area contributed by atoms with Crippen LogP contribution in [0.5, 0.6) is 11.6 Å². The number of aromatic nitrogens is 2. The molecule has 198 valence electrons. The zero-order chi connectivity index (χ0) is 27.2. The number of urea groups is 1. The molecule has 1 aliphatic heterocycles. The molecule has 5 rings (SSSR count). The predicted molar refractivity (Wildman–Crippen MR) is 151 cm³/mol. The molecule has 39 heavy (non-hydrogen) atoms. The normalized spacial score (nSPS) is 14.9. The van der Waals surface area contributed by atoms with Gasteiger partial charge in [-0.3, -0.25) is 0 Å². The molecule has 4 aromatic rings. The van der Waals surface area contributed by atoms with E-state index in [9.17, 15) is 14.7 Å². The lowest BCUT2D eigenvalue weighted by Crippen LogP contribution is -2.36. The lowest BCUT2D eigenvalue weighted by atomic mass is 10.1. The highest BCUT2D eigenvalue weighted by molar-refractivity contribution is 14.1. The van der Waals surface area contributed by atoms with E-state index < -0.39 is 18.2 Å². The molecular formula is C29H25IN4O5. The van der Waals surface area contributed by atoms with E-state index in [0.29, 0.717) is 11.4 Å². The molecule has 10 heteroatoms. The third-order valence-electron chi connectivity index (χ3n) is 6.27. The van der Waals surface area contributed by atoms with Gasteiger partial charge in [-0.1, -0.05) is 72.8 Å². The number of hydrogen-bond acceptors (Lipinski definition) is 6. The summed E-state index contributed by atoms with van der Waals surface area (Å²) in [5, 5.41) is 9.85. The second-order valence-corrected chi connectivity index (χ2v) is 10.1. The Labute approximate surface area is 239 Å². The molecule has 9 nitrogen and oxygen atoms in total. The van der Waals surface area contributed by atoms with Crippen LogP contribution >= 0.6 is 22.6 Å². The van der Waals surface area contributed by atoms with Crippen molar-refractivity contribution in [1.29, 1.82) is 0 Å². The van der Waals surface area contributed by atoms with Gasteiger partial charge >= 0.3 is 12.1 Å². The molecule has 0 radical (unpaired) electrons. The van der Waals surface area contributed by atoms with Crippen molar-refractivity contribution >= 4 is 34.7 Å². The summed E-state index contributed by atoms with van der Waals surface area (Å²) in [6, 6.07) is 25.5. The first kappa shape index (κ1) is 26.4. The SMILES string of the molecule is O=C(O)N1C(=O)N(Cc2ncnc(OCc3ccccc3)c2OCc2ccccc2)CC1c1ccc(I)cc1. The minimum atomic E-state index is -1.30. The average Bonchev–Trinajstić information content (AvgIpc) is 3.28. The first-order valence-corrected chi connectivity index (χ1v) is 13.3. The molecule has 0 saturated carbocycles. The summed E-state index contributed by atoms with van der Waals surface area (Å²) in [6.45, 7) is 0.707. The Balaban J connectivity index is 1.42. The predicted octanol–water partition coefficient (Wildman–Crippen LogP) is 5.90. The number of benzene rings is 3. The van der Waals surface area contributed by atoms with Crippen molar-refractivity contribution in [3.05, 3.63) is 117 Å². The van der Waals surface area contributed by atoms with Crippen molar-refractivity contribution in [3.8, 4) is 11.6 Å². The van der Waals surface area contributed by atoms with Gasteiger partial charge in [0.05, 0.1) is 12.6 Å². The summed E-state index contributed by atoms with van der Waals surface area (Å²) >= 11 is 2.18. The van der Waals surface area contributed by atoms with Crippen LogP contribution in [0.3, 0.4) is 0 Å². The van der Waals surface area contributed by atoms with Crippen LogP contribution in [0, 0.1) is 3.57 Å². The third-order valence-corrected chi connectivity index (χ3v) is 6.99.